The van der Waals surface area contributed by atoms with Gasteiger partial charge in [-0.15, -0.1) is 11.8 Å². The summed E-state index contributed by atoms with van der Waals surface area (Å²) in [6, 6.07) is 11.1. The van der Waals surface area contributed by atoms with Gasteiger partial charge in [0, 0.05) is 30.3 Å². The van der Waals surface area contributed by atoms with E-state index in [1.807, 2.05) is 11.8 Å². The first-order valence-corrected chi connectivity index (χ1v) is 7.17. The molecule has 1 aromatic rings. The lowest BCUT2D eigenvalue weighted by Crippen LogP contribution is -2.37. The minimum atomic E-state index is 0.501. The minimum Gasteiger partial charge on any atom is -0.383 e. The van der Waals surface area contributed by atoms with Crippen LogP contribution in [0.5, 0.6) is 0 Å². The molecule has 0 heterocycles. The first kappa shape index (κ1) is 14.6. The molecule has 1 aromatic carbocycles. The summed E-state index contributed by atoms with van der Waals surface area (Å²) in [5.74, 6) is 1.13. The molecule has 1 unspecified atom stereocenters. The Bertz CT molecular complexity index is 292. The van der Waals surface area contributed by atoms with Gasteiger partial charge in [-0.25, -0.2) is 0 Å². The van der Waals surface area contributed by atoms with Crippen LogP contribution in [0.4, 0.5) is 0 Å². The van der Waals surface area contributed by atoms with Crippen molar-refractivity contribution in [3.63, 3.8) is 0 Å². The molecule has 3 heteroatoms. The molecule has 0 amide bonds. The van der Waals surface area contributed by atoms with Crippen LogP contribution in [-0.2, 0) is 4.74 Å². The summed E-state index contributed by atoms with van der Waals surface area (Å²) < 4.78 is 5.20. The van der Waals surface area contributed by atoms with Crippen LogP contribution >= 0.6 is 11.8 Å². The summed E-state index contributed by atoms with van der Waals surface area (Å²) >= 11 is 1.92. The predicted molar refractivity (Wildman–Crippen MR) is 75.8 cm³/mol. The molecule has 0 aliphatic heterocycles. The molecule has 0 spiro atoms. The standard InChI is InChI=1S/C14H23NOS/c1-4-15(13(2)12-16-3)10-11-17-14-8-6-5-7-9-14/h5-9,13H,4,10-12H2,1-3H3. The van der Waals surface area contributed by atoms with Gasteiger partial charge in [-0.3, -0.25) is 4.90 Å². The molecule has 0 aliphatic rings. The number of hydrogen-bond acceptors (Lipinski definition) is 3. The van der Waals surface area contributed by atoms with Gasteiger partial charge in [0.2, 0.25) is 0 Å². The molecule has 1 rings (SSSR count). The maximum absolute atomic E-state index is 5.20. The van der Waals surface area contributed by atoms with Crippen LogP contribution in [-0.4, -0.2) is 43.5 Å². The molecule has 0 saturated carbocycles. The van der Waals surface area contributed by atoms with Gasteiger partial charge in [0.05, 0.1) is 6.61 Å². The largest absolute Gasteiger partial charge is 0.383 e. The normalized spacial score (nSPS) is 12.9. The fourth-order valence-electron chi connectivity index (χ4n) is 1.83. The first-order chi connectivity index (χ1) is 8.27. The van der Waals surface area contributed by atoms with E-state index >= 15 is 0 Å². The average Bonchev–Trinajstić information content (AvgIpc) is 2.36. The average molecular weight is 253 g/mol. The van der Waals surface area contributed by atoms with Crippen molar-refractivity contribution in [3.8, 4) is 0 Å². The lowest BCUT2D eigenvalue weighted by Gasteiger charge is -2.26. The van der Waals surface area contributed by atoms with Crippen molar-refractivity contribution in [1.29, 1.82) is 0 Å². The Labute approximate surface area is 109 Å². The smallest absolute Gasteiger partial charge is 0.0615 e. The lowest BCUT2D eigenvalue weighted by atomic mass is 10.3. The van der Waals surface area contributed by atoms with Gasteiger partial charge < -0.3 is 4.74 Å². The van der Waals surface area contributed by atoms with Crippen LogP contribution in [0.2, 0.25) is 0 Å². The molecule has 0 saturated heterocycles. The third-order valence-corrected chi connectivity index (χ3v) is 3.82. The van der Waals surface area contributed by atoms with Crippen LogP contribution in [0, 0.1) is 0 Å². The van der Waals surface area contributed by atoms with Crippen LogP contribution in [0.25, 0.3) is 0 Å². The van der Waals surface area contributed by atoms with Gasteiger partial charge in [0.25, 0.3) is 0 Å². The van der Waals surface area contributed by atoms with Gasteiger partial charge in [0.15, 0.2) is 0 Å². The third kappa shape index (κ3) is 5.57. The number of rotatable bonds is 8. The molecular weight excluding hydrogens is 230 g/mol. The predicted octanol–water partition coefficient (Wildman–Crippen LogP) is 3.14. The fourth-order valence-corrected chi connectivity index (χ4v) is 2.75. The third-order valence-electron chi connectivity index (χ3n) is 2.83. The van der Waals surface area contributed by atoms with E-state index in [1.165, 1.54) is 4.90 Å². The molecule has 2 nitrogen and oxygen atoms in total. The van der Waals surface area contributed by atoms with Crippen molar-refractivity contribution in [1.82, 2.24) is 4.90 Å². The summed E-state index contributed by atoms with van der Waals surface area (Å²) in [6.45, 7) is 7.43. The second-order valence-electron chi connectivity index (χ2n) is 4.09. The van der Waals surface area contributed by atoms with E-state index in [-0.39, 0.29) is 0 Å². The molecule has 0 radical (unpaired) electrons. The van der Waals surface area contributed by atoms with Gasteiger partial charge in [-0.2, -0.15) is 0 Å². The molecule has 0 aliphatic carbocycles. The van der Waals surface area contributed by atoms with Crippen LogP contribution in [0.15, 0.2) is 35.2 Å². The Morgan fingerprint density at radius 1 is 1.29 bits per heavy atom. The zero-order valence-electron chi connectivity index (χ0n) is 11.1. The van der Waals surface area contributed by atoms with Gasteiger partial charge >= 0.3 is 0 Å². The molecule has 0 bridgehead atoms. The molecule has 0 fully saturated rings. The number of likely N-dealkylation sites (N-methyl/N-ethyl adjacent to an activating group) is 1. The topological polar surface area (TPSA) is 12.5 Å². The summed E-state index contributed by atoms with van der Waals surface area (Å²) in [6.07, 6.45) is 0. The van der Waals surface area contributed by atoms with Crippen molar-refractivity contribution in [2.75, 3.05) is 32.6 Å². The number of thioether (sulfide) groups is 1. The van der Waals surface area contributed by atoms with Crippen molar-refractivity contribution in [3.05, 3.63) is 30.3 Å². The van der Waals surface area contributed by atoms with Crippen molar-refractivity contribution in [2.24, 2.45) is 0 Å². The molecule has 0 N–H and O–H groups in total. The fraction of sp³-hybridized carbons (Fsp3) is 0.571. The molecule has 1 atom stereocenters. The minimum absolute atomic E-state index is 0.501. The maximum atomic E-state index is 5.20. The van der Waals surface area contributed by atoms with Crippen molar-refractivity contribution in [2.45, 2.75) is 24.8 Å². The quantitative estimate of drug-likeness (QED) is 0.660. The van der Waals surface area contributed by atoms with Crippen molar-refractivity contribution < 1.29 is 4.74 Å². The van der Waals surface area contributed by atoms with Gasteiger partial charge in [0.1, 0.15) is 0 Å². The second kappa shape index (κ2) is 8.56. The summed E-state index contributed by atoms with van der Waals surface area (Å²) in [5.41, 5.74) is 0. The van der Waals surface area contributed by atoms with E-state index in [2.05, 4.69) is 49.1 Å². The van der Waals surface area contributed by atoms with Gasteiger partial charge in [-0.05, 0) is 25.6 Å². The highest BCUT2D eigenvalue weighted by molar-refractivity contribution is 7.99. The number of methoxy groups -OCH3 is 1. The maximum Gasteiger partial charge on any atom is 0.0615 e. The second-order valence-corrected chi connectivity index (χ2v) is 5.26. The van der Waals surface area contributed by atoms with E-state index in [4.69, 9.17) is 4.74 Å². The Morgan fingerprint density at radius 2 is 2.00 bits per heavy atom. The monoisotopic (exact) mass is 253 g/mol. The first-order valence-electron chi connectivity index (χ1n) is 6.18. The molecular formula is C14H23NOS. The van der Waals surface area contributed by atoms with Crippen molar-refractivity contribution >= 4 is 11.8 Å². The van der Waals surface area contributed by atoms with E-state index in [9.17, 15) is 0 Å². The highest BCUT2D eigenvalue weighted by Gasteiger charge is 2.10. The lowest BCUT2D eigenvalue weighted by molar-refractivity contribution is 0.107. The zero-order valence-corrected chi connectivity index (χ0v) is 11.9. The van der Waals surface area contributed by atoms with E-state index in [0.717, 1.165) is 25.4 Å². The Balaban J connectivity index is 2.28. The number of hydrogen-bond donors (Lipinski definition) is 0. The number of ether oxygens (including phenoxy) is 1. The van der Waals surface area contributed by atoms with Crippen LogP contribution in [0.1, 0.15) is 13.8 Å². The van der Waals surface area contributed by atoms with Crippen LogP contribution in [0.3, 0.4) is 0 Å². The summed E-state index contributed by atoms with van der Waals surface area (Å²) in [7, 11) is 1.77. The Kier molecular flexibility index (Phi) is 7.33. The SMILES string of the molecule is CCN(CCSc1ccccc1)C(C)COC. The van der Waals surface area contributed by atoms with Crippen LogP contribution < -0.4 is 0 Å². The highest BCUT2D eigenvalue weighted by atomic mass is 32.2. The van der Waals surface area contributed by atoms with E-state index < -0.39 is 0 Å². The summed E-state index contributed by atoms with van der Waals surface area (Å²) in [4.78, 5) is 3.81. The highest BCUT2D eigenvalue weighted by Crippen LogP contribution is 2.17. The van der Waals surface area contributed by atoms with E-state index in [1.54, 1.807) is 7.11 Å². The summed E-state index contributed by atoms with van der Waals surface area (Å²) in [5, 5.41) is 0. The molecule has 0 aromatic heterocycles. The Morgan fingerprint density at radius 3 is 2.59 bits per heavy atom. The Hall–Kier alpha value is -0.510. The number of nitrogens with zero attached hydrogens (tertiary/aromatic N) is 1. The van der Waals surface area contributed by atoms with E-state index in [0.29, 0.717) is 6.04 Å². The molecule has 96 valence electrons. The number of benzene rings is 1. The van der Waals surface area contributed by atoms with Gasteiger partial charge in [-0.1, -0.05) is 25.1 Å². The zero-order chi connectivity index (χ0) is 12.5. The molecule has 17 heavy (non-hydrogen) atoms.